The fraction of sp³-hybridized carbons (Fsp3) is 0.381. The van der Waals surface area contributed by atoms with Gasteiger partial charge in [-0.2, -0.15) is 0 Å². The van der Waals surface area contributed by atoms with E-state index < -0.39 is 0 Å². The lowest BCUT2D eigenvalue weighted by Gasteiger charge is -2.29. The van der Waals surface area contributed by atoms with Crippen LogP contribution in [0.4, 0.5) is 11.4 Å². The summed E-state index contributed by atoms with van der Waals surface area (Å²) >= 11 is 6.46. The van der Waals surface area contributed by atoms with Crippen LogP contribution in [0.2, 0.25) is 5.02 Å². The van der Waals surface area contributed by atoms with E-state index in [0.29, 0.717) is 27.7 Å². The second-order valence-electron chi connectivity index (χ2n) is 7.20. The van der Waals surface area contributed by atoms with E-state index in [1.54, 1.807) is 39.2 Å². The number of halogens is 1. The molecule has 2 amide bonds. The Kier molecular flexibility index (Phi) is 6.19. The number of carbonyl (C=O) groups excluding carboxylic acids is 2. The number of aryl methyl sites for hydroxylation is 1. The number of benzene rings is 1. The number of rotatable bonds is 4. The predicted molar refractivity (Wildman–Crippen MR) is 112 cm³/mol. The smallest absolute Gasteiger partial charge is 0.271 e. The molecule has 1 saturated heterocycles. The summed E-state index contributed by atoms with van der Waals surface area (Å²) in [7, 11) is 3.33. The van der Waals surface area contributed by atoms with Crippen molar-refractivity contribution in [3.63, 3.8) is 0 Å². The zero-order chi connectivity index (χ0) is 20.3. The van der Waals surface area contributed by atoms with E-state index in [0.717, 1.165) is 18.8 Å². The number of pyridine rings is 1. The Bertz CT molecular complexity index is 892. The molecular weight excluding hydrogens is 376 g/mol. The SMILES string of the molecule is Cc1nc(C(=O)N(C)C)ccc1C(=O)Nc1ccc(N2CCCCC2)c(Cl)c1. The lowest BCUT2D eigenvalue weighted by molar-refractivity contribution is 0.0821. The van der Waals surface area contributed by atoms with Gasteiger partial charge in [0.1, 0.15) is 5.69 Å². The monoisotopic (exact) mass is 400 g/mol. The van der Waals surface area contributed by atoms with E-state index in [9.17, 15) is 9.59 Å². The zero-order valence-corrected chi connectivity index (χ0v) is 17.2. The maximum absolute atomic E-state index is 12.6. The molecule has 0 aliphatic carbocycles. The molecule has 28 heavy (non-hydrogen) atoms. The third kappa shape index (κ3) is 4.44. The number of nitrogens with one attached hydrogen (secondary N) is 1. The van der Waals surface area contributed by atoms with Gasteiger partial charge in [-0.05, 0) is 56.5 Å². The topological polar surface area (TPSA) is 65.5 Å². The highest BCUT2D eigenvalue weighted by molar-refractivity contribution is 6.33. The Balaban J connectivity index is 1.74. The van der Waals surface area contributed by atoms with E-state index in [2.05, 4.69) is 15.2 Å². The van der Waals surface area contributed by atoms with E-state index >= 15 is 0 Å². The van der Waals surface area contributed by atoms with Crippen molar-refractivity contribution in [1.82, 2.24) is 9.88 Å². The van der Waals surface area contributed by atoms with E-state index in [4.69, 9.17) is 11.6 Å². The van der Waals surface area contributed by atoms with Crippen molar-refractivity contribution in [3.8, 4) is 0 Å². The van der Waals surface area contributed by atoms with Gasteiger partial charge >= 0.3 is 0 Å². The molecule has 2 heterocycles. The first-order chi connectivity index (χ1) is 13.4. The van der Waals surface area contributed by atoms with Gasteiger partial charge in [0, 0.05) is 32.9 Å². The Morgan fingerprint density at radius 1 is 1.11 bits per heavy atom. The first kappa shape index (κ1) is 20.1. The summed E-state index contributed by atoms with van der Waals surface area (Å²) in [5.41, 5.74) is 2.87. The quantitative estimate of drug-likeness (QED) is 0.842. The van der Waals surface area contributed by atoms with E-state index in [1.807, 2.05) is 12.1 Å². The first-order valence-electron chi connectivity index (χ1n) is 9.42. The summed E-state index contributed by atoms with van der Waals surface area (Å²) < 4.78 is 0. The lowest BCUT2D eigenvalue weighted by atomic mass is 10.1. The highest BCUT2D eigenvalue weighted by Crippen LogP contribution is 2.31. The normalized spacial score (nSPS) is 13.9. The van der Waals surface area contributed by atoms with Crippen LogP contribution in [-0.4, -0.2) is 48.9 Å². The minimum atomic E-state index is -0.282. The fourth-order valence-electron chi connectivity index (χ4n) is 3.32. The van der Waals surface area contributed by atoms with Gasteiger partial charge in [-0.15, -0.1) is 0 Å². The molecule has 1 fully saturated rings. The Morgan fingerprint density at radius 2 is 1.82 bits per heavy atom. The number of carbonyl (C=O) groups is 2. The summed E-state index contributed by atoms with van der Waals surface area (Å²) in [6.07, 6.45) is 3.61. The average molecular weight is 401 g/mol. The van der Waals surface area contributed by atoms with Crippen LogP contribution < -0.4 is 10.2 Å². The Labute approximate surface area is 170 Å². The van der Waals surface area contributed by atoms with Crippen LogP contribution in [0.1, 0.15) is 45.8 Å². The van der Waals surface area contributed by atoms with Crippen LogP contribution in [0.25, 0.3) is 0 Å². The van der Waals surface area contributed by atoms with Crippen molar-refractivity contribution in [2.75, 3.05) is 37.4 Å². The zero-order valence-electron chi connectivity index (χ0n) is 16.5. The van der Waals surface area contributed by atoms with Gasteiger partial charge < -0.3 is 15.1 Å². The maximum atomic E-state index is 12.6. The molecule has 0 radical (unpaired) electrons. The number of hydrogen-bond acceptors (Lipinski definition) is 4. The number of hydrogen-bond donors (Lipinski definition) is 1. The highest BCUT2D eigenvalue weighted by atomic mass is 35.5. The molecule has 0 spiro atoms. The molecule has 2 aromatic rings. The van der Waals surface area contributed by atoms with Crippen molar-refractivity contribution in [3.05, 3.63) is 52.3 Å². The van der Waals surface area contributed by atoms with Crippen LogP contribution in [-0.2, 0) is 0 Å². The van der Waals surface area contributed by atoms with Gasteiger partial charge in [0.05, 0.1) is 22.0 Å². The third-order valence-electron chi connectivity index (χ3n) is 4.86. The van der Waals surface area contributed by atoms with Crippen LogP contribution in [0.5, 0.6) is 0 Å². The van der Waals surface area contributed by atoms with Crippen LogP contribution in [0, 0.1) is 6.92 Å². The van der Waals surface area contributed by atoms with Crippen molar-refractivity contribution >= 4 is 34.8 Å². The van der Waals surface area contributed by atoms with E-state index in [-0.39, 0.29) is 11.8 Å². The highest BCUT2D eigenvalue weighted by Gasteiger charge is 2.17. The second kappa shape index (κ2) is 8.61. The predicted octanol–water partition coefficient (Wildman–Crippen LogP) is 3.99. The molecule has 0 unspecified atom stereocenters. The Hall–Kier alpha value is -2.60. The van der Waals surface area contributed by atoms with Crippen molar-refractivity contribution in [2.45, 2.75) is 26.2 Å². The molecule has 0 saturated carbocycles. The van der Waals surface area contributed by atoms with Crippen LogP contribution in [0.15, 0.2) is 30.3 Å². The van der Waals surface area contributed by atoms with Gasteiger partial charge in [0.2, 0.25) is 0 Å². The number of aromatic nitrogens is 1. The maximum Gasteiger partial charge on any atom is 0.271 e. The largest absolute Gasteiger partial charge is 0.370 e. The van der Waals surface area contributed by atoms with Crippen molar-refractivity contribution < 1.29 is 9.59 Å². The fourth-order valence-corrected chi connectivity index (χ4v) is 3.62. The lowest BCUT2D eigenvalue weighted by Crippen LogP contribution is -2.29. The molecule has 1 aromatic carbocycles. The minimum absolute atomic E-state index is 0.199. The van der Waals surface area contributed by atoms with Gasteiger partial charge in [-0.25, -0.2) is 4.98 Å². The minimum Gasteiger partial charge on any atom is -0.370 e. The molecular formula is C21H25ClN4O2. The average Bonchev–Trinajstić information content (AvgIpc) is 2.67. The van der Waals surface area contributed by atoms with Gasteiger partial charge in [0.25, 0.3) is 11.8 Å². The number of anilines is 2. The summed E-state index contributed by atoms with van der Waals surface area (Å²) in [4.78, 5) is 32.7. The third-order valence-corrected chi connectivity index (χ3v) is 5.16. The standard InChI is InChI=1S/C21H25ClN4O2/c1-14-16(8-9-18(23-14)21(28)25(2)3)20(27)24-15-7-10-19(17(22)13-15)26-11-5-4-6-12-26/h7-10,13H,4-6,11-12H2,1-3H3,(H,24,27). The molecule has 6 nitrogen and oxygen atoms in total. The van der Waals surface area contributed by atoms with Crippen molar-refractivity contribution in [1.29, 1.82) is 0 Å². The summed E-state index contributed by atoms with van der Waals surface area (Å²) in [5, 5.41) is 3.49. The van der Waals surface area contributed by atoms with Gasteiger partial charge in [-0.1, -0.05) is 11.6 Å². The second-order valence-corrected chi connectivity index (χ2v) is 7.60. The summed E-state index contributed by atoms with van der Waals surface area (Å²) in [6.45, 7) is 3.73. The Morgan fingerprint density at radius 3 is 2.43 bits per heavy atom. The summed E-state index contributed by atoms with van der Waals surface area (Å²) in [6, 6.07) is 8.78. The molecule has 1 aliphatic heterocycles. The number of amides is 2. The molecule has 0 atom stereocenters. The van der Waals surface area contributed by atoms with E-state index in [1.165, 1.54) is 24.2 Å². The van der Waals surface area contributed by atoms with Crippen molar-refractivity contribution in [2.24, 2.45) is 0 Å². The molecule has 1 N–H and O–H groups in total. The van der Waals surface area contributed by atoms with Gasteiger partial charge in [0.15, 0.2) is 0 Å². The number of piperidine rings is 1. The van der Waals surface area contributed by atoms with Crippen LogP contribution >= 0.6 is 11.6 Å². The van der Waals surface area contributed by atoms with Gasteiger partial charge in [-0.3, -0.25) is 9.59 Å². The van der Waals surface area contributed by atoms with Crippen LogP contribution in [0.3, 0.4) is 0 Å². The first-order valence-corrected chi connectivity index (χ1v) is 9.80. The molecule has 7 heteroatoms. The molecule has 0 bridgehead atoms. The molecule has 1 aromatic heterocycles. The number of nitrogens with zero attached hydrogens (tertiary/aromatic N) is 3. The molecule has 1 aliphatic rings. The molecule has 3 rings (SSSR count). The molecule has 148 valence electrons. The summed E-state index contributed by atoms with van der Waals surface area (Å²) in [5.74, 6) is -0.481.